The molecule has 2 aromatic rings. The average Bonchev–Trinajstić information content (AvgIpc) is 2.86. The van der Waals surface area contributed by atoms with Crippen molar-refractivity contribution in [1.29, 1.82) is 0 Å². The fourth-order valence-corrected chi connectivity index (χ4v) is 4.50. The summed E-state index contributed by atoms with van der Waals surface area (Å²) in [5, 5.41) is 12.9. The van der Waals surface area contributed by atoms with Crippen LogP contribution in [0.1, 0.15) is 31.4 Å². The molecule has 8 nitrogen and oxygen atoms in total. The van der Waals surface area contributed by atoms with Crippen molar-refractivity contribution in [3.05, 3.63) is 78.0 Å². The van der Waals surface area contributed by atoms with Crippen LogP contribution in [-0.2, 0) is 25.5 Å². The number of halogens is 3. The molecule has 0 saturated heterocycles. The topological polar surface area (TPSA) is 99.2 Å². The Kier molecular flexibility index (Phi) is 8.95. The Morgan fingerprint density at radius 1 is 1.05 bits per heavy atom. The highest BCUT2D eigenvalue weighted by molar-refractivity contribution is 5.97. The lowest BCUT2D eigenvalue weighted by molar-refractivity contribution is -0.287. The number of methoxy groups -OCH3 is 1. The highest BCUT2D eigenvalue weighted by Gasteiger charge is 2.63. The third-order valence-corrected chi connectivity index (χ3v) is 6.27. The molecule has 38 heavy (non-hydrogen) atoms. The number of aliphatic hydroxyl groups is 1. The average molecular weight is 534 g/mol. The number of carbonyl (C=O) groups is 3. The second-order valence-corrected chi connectivity index (χ2v) is 8.96. The first-order valence-electron chi connectivity index (χ1n) is 11.9. The molecule has 3 rings (SSSR count). The standard InChI is InChI=1S/C27H30F3N3O5/c1-18(34)31-26(37,27(28,29)30)24(16-20-10-6-4-7-11-20)33-23(21-12-8-5-9-13-21)17-32(19(2)35)22(25(33)36)14-15-38-3/h4-13,17,22,24,37H,14-16H2,1-3H3,(H,31,34). The fourth-order valence-electron chi connectivity index (χ4n) is 4.50. The minimum Gasteiger partial charge on any atom is -0.385 e. The molecule has 0 saturated carbocycles. The third-order valence-electron chi connectivity index (χ3n) is 6.27. The summed E-state index contributed by atoms with van der Waals surface area (Å²) in [6.45, 7) is 2.13. The van der Waals surface area contributed by atoms with E-state index in [2.05, 4.69) is 0 Å². The van der Waals surface area contributed by atoms with E-state index in [-0.39, 0.29) is 18.7 Å². The largest absolute Gasteiger partial charge is 0.438 e. The van der Waals surface area contributed by atoms with E-state index in [0.29, 0.717) is 11.1 Å². The molecule has 0 bridgehead atoms. The Morgan fingerprint density at radius 2 is 1.63 bits per heavy atom. The maximum absolute atomic E-state index is 14.6. The summed E-state index contributed by atoms with van der Waals surface area (Å²) in [4.78, 5) is 40.6. The van der Waals surface area contributed by atoms with Crippen LogP contribution in [0.15, 0.2) is 66.9 Å². The van der Waals surface area contributed by atoms with Crippen LogP contribution in [0.5, 0.6) is 0 Å². The smallest absolute Gasteiger partial charge is 0.385 e. The SMILES string of the molecule is COCCC1C(=O)N(C(Cc2ccccc2)C(O)(NC(C)=O)C(F)(F)F)C(c2ccccc2)=CN1C(C)=O. The lowest BCUT2D eigenvalue weighted by Crippen LogP contribution is -2.72. The van der Waals surface area contributed by atoms with Crippen LogP contribution in [0, 0.1) is 0 Å². The van der Waals surface area contributed by atoms with Gasteiger partial charge in [-0.25, -0.2) is 0 Å². The summed E-state index contributed by atoms with van der Waals surface area (Å²) in [5.74, 6) is -2.49. The monoisotopic (exact) mass is 533 g/mol. The maximum atomic E-state index is 14.6. The van der Waals surface area contributed by atoms with Gasteiger partial charge in [-0.3, -0.25) is 19.3 Å². The lowest BCUT2D eigenvalue weighted by atomic mass is 9.90. The molecule has 0 radical (unpaired) electrons. The second kappa shape index (κ2) is 11.8. The van der Waals surface area contributed by atoms with Gasteiger partial charge in [0.05, 0.1) is 11.7 Å². The Bertz CT molecular complexity index is 1170. The molecule has 0 aromatic heterocycles. The summed E-state index contributed by atoms with van der Waals surface area (Å²) >= 11 is 0. The van der Waals surface area contributed by atoms with E-state index >= 15 is 0 Å². The van der Waals surface area contributed by atoms with Crippen LogP contribution >= 0.6 is 0 Å². The zero-order valence-corrected chi connectivity index (χ0v) is 21.2. The van der Waals surface area contributed by atoms with Crippen molar-refractivity contribution >= 4 is 23.4 Å². The summed E-state index contributed by atoms with van der Waals surface area (Å²) < 4.78 is 49.0. The molecule has 11 heteroatoms. The highest BCUT2D eigenvalue weighted by Crippen LogP contribution is 2.40. The number of carbonyl (C=O) groups excluding carboxylic acids is 3. The number of amides is 3. The minimum absolute atomic E-state index is 0.00732. The first-order valence-corrected chi connectivity index (χ1v) is 11.9. The van der Waals surface area contributed by atoms with Gasteiger partial charge in [0, 0.05) is 40.2 Å². The van der Waals surface area contributed by atoms with E-state index in [1.165, 1.54) is 20.2 Å². The van der Waals surface area contributed by atoms with Gasteiger partial charge >= 0.3 is 6.18 Å². The van der Waals surface area contributed by atoms with Gasteiger partial charge < -0.3 is 20.1 Å². The van der Waals surface area contributed by atoms with Gasteiger partial charge in [0.25, 0.3) is 11.6 Å². The fraction of sp³-hybridized carbons (Fsp3) is 0.370. The van der Waals surface area contributed by atoms with E-state index in [4.69, 9.17) is 4.74 Å². The van der Waals surface area contributed by atoms with Crippen molar-refractivity contribution in [3.8, 4) is 0 Å². The quantitative estimate of drug-likeness (QED) is 0.483. The van der Waals surface area contributed by atoms with Crippen LogP contribution in [-0.4, -0.2) is 70.3 Å². The van der Waals surface area contributed by atoms with Gasteiger partial charge in [-0.15, -0.1) is 0 Å². The maximum Gasteiger partial charge on any atom is 0.438 e. The molecule has 3 unspecified atom stereocenters. The molecule has 2 N–H and O–H groups in total. The first-order chi connectivity index (χ1) is 17.9. The van der Waals surface area contributed by atoms with Crippen molar-refractivity contribution in [2.75, 3.05) is 13.7 Å². The number of benzene rings is 2. The van der Waals surface area contributed by atoms with E-state index in [1.54, 1.807) is 66.0 Å². The summed E-state index contributed by atoms with van der Waals surface area (Å²) in [5.41, 5.74) is -3.15. The highest BCUT2D eigenvalue weighted by atomic mass is 19.4. The molecule has 3 amide bonds. The summed E-state index contributed by atoms with van der Waals surface area (Å²) in [6, 6.07) is 12.9. The van der Waals surface area contributed by atoms with Gasteiger partial charge in [0.15, 0.2) is 0 Å². The van der Waals surface area contributed by atoms with Crippen LogP contribution < -0.4 is 5.32 Å². The summed E-state index contributed by atoms with van der Waals surface area (Å²) in [7, 11) is 1.39. The molecule has 1 aliphatic rings. The van der Waals surface area contributed by atoms with Gasteiger partial charge in [0.1, 0.15) is 6.04 Å². The van der Waals surface area contributed by atoms with Crippen molar-refractivity contribution in [2.45, 2.75) is 50.7 Å². The zero-order valence-electron chi connectivity index (χ0n) is 21.2. The number of hydrogen-bond acceptors (Lipinski definition) is 5. The Morgan fingerprint density at radius 3 is 2.13 bits per heavy atom. The van der Waals surface area contributed by atoms with Crippen LogP contribution in [0.2, 0.25) is 0 Å². The van der Waals surface area contributed by atoms with E-state index < -0.39 is 48.1 Å². The number of alkyl halides is 3. The lowest BCUT2D eigenvalue weighted by Gasteiger charge is -2.48. The molecule has 1 heterocycles. The molecule has 3 atom stereocenters. The van der Waals surface area contributed by atoms with Gasteiger partial charge in [-0.05, 0) is 17.5 Å². The van der Waals surface area contributed by atoms with Crippen molar-refractivity contribution < 1.29 is 37.4 Å². The summed E-state index contributed by atoms with van der Waals surface area (Å²) in [6.07, 6.45) is -4.54. The Balaban J connectivity index is 2.32. The molecular weight excluding hydrogens is 503 g/mol. The molecule has 2 aromatic carbocycles. The molecule has 0 spiro atoms. The number of nitrogens with one attached hydrogen (secondary N) is 1. The minimum atomic E-state index is -5.38. The Hall–Kier alpha value is -3.70. The number of nitrogens with zero attached hydrogens (tertiary/aromatic N) is 2. The van der Waals surface area contributed by atoms with Crippen molar-refractivity contribution in [1.82, 2.24) is 15.1 Å². The van der Waals surface area contributed by atoms with Crippen molar-refractivity contribution in [3.63, 3.8) is 0 Å². The van der Waals surface area contributed by atoms with Gasteiger partial charge in [0.2, 0.25) is 11.8 Å². The van der Waals surface area contributed by atoms with E-state index in [9.17, 15) is 32.7 Å². The number of hydrogen-bond donors (Lipinski definition) is 2. The van der Waals surface area contributed by atoms with E-state index in [1.807, 2.05) is 0 Å². The molecule has 1 aliphatic heterocycles. The number of ether oxygens (including phenoxy) is 1. The molecule has 0 fully saturated rings. The Labute approximate surface area is 218 Å². The van der Waals surface area contributed by atoms with Gasteiger partial charge in [-0.1, -0.05) is 60.7 Å². The predicted octanol–water partition coefficient (Wildman–Crippen LogP) is 3.08. The van der Waals surface area contributed by atoms with Crippen LogP contribution in [0.4, 0.5) is 13.2 Å². The van der Waals surface area contributed by atoms with E-state index in [0.717, 1.165) is 16.7 Å². The zero-order chi connectivity index (χ0) is 28.1. The normalized spacial score (nSPS) is 18.4. The predicted molar refractivity (Wildman–Crippen MR) is 133 cm³/mol. The molecule has 0 aliphatic carbocycles. The first kappa shape index (κ1) is 28.9. The molecular formula is C27H30F3N3O5. The van der Waals surface area contributed by atoms with Crippen LogP contribution in [0.25, 0.3) is 5.70 Å². The van der Waals surface area contributed by atoms with Gasteiger partial charge in [-0.2, -0.15) is 13.2 Å². The van der Waals surface area contributed by atoms with Crippen LogP contribution in [0.3, 0.4) is 0 Å². The third kappa shape index (κ3) is 6.05. The number of rotatable bonds is 9. The van der Waals surface area contributed by atoms with Crippen molar-refractivity contribution in [2.24, 2.45) is 0 Å². The molecule has 204 valence electrons. The second-order valence-electron chi connectivity index (χ2n) is 8.96.